The molecule has 3 heteroatoms. The van der Waals surface area contributed by atoms with Gasteiger partial charge in [-0.2, -0.15) is 0 Å². The molecule has 0 heterocycles. The van der Waals surface area contributed by atoms with Crippen molar-refractivity contribution in [2.24, 2.45) is 5.73 Å². The summed E-state index contributed by atoms with van der Waals surface area (Å²) in [4.78, 5) is 0. The van der Waals surface area contributed by atoms with E-state index in [9.17, 15) is 4.39 Å². The van der Waals surface area contributed by atoms with Crippen LogP contribution in [0.15, 0.2) is 0 Å². The van der Waals surface area contributed by atoms with Crippen LogP contribution in [-0.4, -0.2) is 24.4 Å². The fourth-order valence-electron chi connectivity index (χ4n) is 0.463. The van der Waals surface area contributed by atoms with Crippen molar-refractivity contribution in [2.75, 3.05) is 13.2 Å². The molecular weight excluding hydrogens is 109 g/mol. The first kappa shape index (κ1) is 7.85. The van der Waals surface area contributed by atoms with Crippen molar-refractivity contribution < 1.29 is 9.50 Å². The Hall–Kier alpha value is -0.150. The number of halogens is 1. The number of hydrogen-bond acceptors (Lipinski definition) is 2. The molecule has 0 aromatic rings. The van der Waals surface area contributed by atoms with Gasteiger partial charge >= 0.3 is 0 Å². The van der Waals surface area contributed by atoms with Gasteiger partial charge in [0.2, 0.25) is 0 Å². The lowest BCUT2D eigenvalue weighted by Crippen LogP contribution is -2.13. The zero-order valence-corrected chi connectivity index (χ0v) is 4.81. The van der Waals surface area contributed by atoms with Crippen molar-refractivity contribution in [3.8, 4) is 0 Å². The molecule has 0 spiro atoms. The largest absolute Gasteiger partial charge is 0.393 e. The second kappa shape index (κ2) is 5.00. The van der Waals surface area contributed by atoms with Crippen LogP contribution < -0.4 is 5.73 Å². The summed E-state index contributed by atoms with van der Waals surface area (Å²) in [7, 11) is 0. The van der Waals surface area contributed by atoms with Crippen molar-refractivity contribution in [3.05, 3.63) is 0 Å². The summed E-state index contributed by atoms with van der Waals surface area (Å²) in [6, 6.07) is 0. The third-order valence-electron chi connectivity index (χ3n) is 0.942. The zero-order chi connectivity index (χ0) is 6.41. The summed E-state index contributed by atoms with van der Waals surface area (Å²) in [6.07, 6.45) is 0.186. The molecule has 50 valence electrons. The van der Waals surface area contributed by atoms with Crippen LogP contribution in [-0.2, 0) is 0 Å². The van der Waals surface area contributed by atoms with E-state index in [1.165, 1.54) is 0 Å². The van der Waals surface area contributed by atoms with Gasteiger partial charge in [-0.05, 0) is 13.0 Å². The summed E-state index contributed by atoms with van der Waals surface area (Å²) in [6.45, 7) is -0.0255. The first-order valence-electron chi connectivity index (χ1n) is 2.75. The molecule has 0 rings (SSSR count). The summed E-state index contributed by atoms with van der Waals surface area (Å²) >= 11 is 0. The molecule has 8 heavy (non-hydrogen) atoms. The normalized spacial score (nSPS) is 13.9. The maximum absolute atomic E-state index is 11.4. The molecule has 2 nitrogen and oxygen atoms in total. The predicted molar refractivity (Wildman–Crippen MR) is 30.3 cm³/mol. The van der Waals surface area contributed by atoms with E-state index in [1.54, 1.807) is 0 Å². The number of aliphatic hydroxyl groups excluding tert-OH is 1. The minimum Gasteiger partial charge on any atom is -0.393 e. The van der Waals surface area contributed by atoms with E-state index in [2.05, 4.69) is 0 Å². The van der Waals surface area contributed by atoms with Crippen molar-refractivity contribution in [1.29, 1.82) is 0 Å². The Balaban J connectivity index is 2.92. The van der Waals surface area contributed by atoms with E-state index >= 15 is 0 Å². The SMILES string of the molecule is NCC[C@@H](O)CCF. The number of alkyl halides is 1. The Morgan fingerprint density at radius 3 is 2.50 bits per heavy atom. The minimum absolute atomic E-state index is 0.219. The Labute approximate surface area is 48.5 Å². The second-order valence-corrected chi connectivity index (χ2v) is 1.71. The summed E-state index contributed by atoms with van der Waals surface area (Å²) < 4.78 is 11.4. The van der Waals surface area contributed by atoms with Gasteiger partial charge in [-0.1, -0.05) is 0 Å². The Kier molecular flexibility index (Phi) is 4.90. The maximum atomic E-state index is 11.4. The molecular formula is C5H12FNO. The number of rotatable bonds is 4. The third kappa shape index (κ3) is 4.02. The number of hydrogen-bond donors (Lipinski definition) is 2. The van der Waals surface area contributed by atoms with E-state index in [0.717, 1.165) is 0 Å². The molecule has 0 aliphatic rings. The van der Waals surface area contributed by atoms with Crippen LogP contribution in [0.25, 0.3) is 0 Å². The fraction of sp³-hybridized carbons (Fsp3) is 1.00. The topological polar surface area (TPSA) is 46.2 Å². The highest BCUT2D eigenvalue weighted by molar-refractivity contribution is 4.53. The van der Waals surface area contributed by atoms with E-state index in [0.29, 0.717) is 13.0 Å². The van der Waals surface area contributed by atoms with Gasteiger partial charge in [0, 0.05) is 6.42 Å². The predicted octanol–water partition coefficient (Wildman–Crippen LogP) is 0.0557. The van der Waals surface area contributed by atoms with Gasteiger partial charge in [0.1, 0.15) is 0 Å². The Morgan fingerprint density at radius 2 is 2.12 bits per heavy atom. The van der Waals surface area contributed by atoms with Gasteiger partial charge in [-0.25, -0.2) is 0 Å². The van der Waals surface area contributed by atoms with Crippen LogP contribution in [0.3, 0.4) is 0 Å². The van der Waals surface area contributed by atoms with Crippen LogP contribution in [0, 0.1) is 0 Å². The van der Waals surface area contributed by atoms with Crippen LogP contribution in [0.2, 0.25) is 0 Å². The van der Waals surface area contributed by atoms with E-state index in [-0.39, 0.29) is 6.42 Å². The van der Waals surface area contributed by atoms with Crippen LogP contribution >= 0.6 is 0 Å². The van der Waals surface area contributed by atoms with E-state index < -0.39 is 12.8 Å². The summed E-state index contributed by atoms with van der Waals surface area (Å²) in [5, 5.41) is 8.73. The smallest absolute Gasteiger partial charge is 0.0919 e. The van der Waals surface area contributed by atoms with Crippen molar-refractivity contribution in [3.63, 3.8) is 0 Å². The van der Waals surface area contributed by atoms with Gasteiger partial charge < -0.3 is 10.8 Å². The standard InChI is InChI=1S/C5H12FNO/c6-3-1-5(8)2-4-7/h5,8H,1-4,7H2/t5-/m0/s1. The maximum Gasteiger partial charge on any atom is 0.0919 e. The minimum atomic E-state index is -0.537. The number of nitrogens with two attached hydrogens (primary N) is 1. The molecule has 0 fully saturated rings. The molecule has 0 aliphatic carbocycles. The molecule has 0 saturated carbocycles. The quantitative estimate of drug-likeness (QED) is 0.552. The lowest BCUT2D eigenvalue weighted by atomic mass is 10.2. The third-order valence-corrected chi connectivity index (χ3v) is 0.942. The Morgan fingerprint density at radius 1 is 1.50 bits per heavy atom. The van der Waals surface area contributed by atoms with E-state index in [4.69, 9.17) is 10.8 Å². The first-order chi connectivity index (χ1) is 3.81. The van der Waals surface area contributed by atoms with Gasteiger partial charge in [0.05, 0.1) is 12.8 Å². The molecule has 0 aromatic heterocycles. The molecule has 0 saturated heterocycles. The van der Waals surface area contributed by atoms with Gasteiger partial charge in [-0.3, -0.25) is 4.39 Å². The van der Waals surface area contributed by atoms with Crippen molar-refractivity contribution in [2.45, 2.75) is 18.9 Å². The molecule has 1 atom stereocenters. The monoisotopic (exact) mass is 121 g/mol. The molecule has 0 radical (unpaired) electrons. The number of aliphatic hydroxyl groups is 1. The van der Waals surface area contributed by atoms with Crippen LogP contribution in [0.5, 0.6) is 0 Å². The van der Waals surface area contributed by atoms with Crippen molar-refractivity contribution >= 4 is 0 Å². The van der Waals surface area contributed by atoms with Crippen molar-refractivity contribution in [1.82, 2.24) is 0 Å². The van der Waals surface area contributed by atoms with Gasteiger partial charge in [0.25, 0.3) is 0 Å². The lowest BCUT2D eigenvalue weighted by molar-refractivity contribution is 0.147. The van der Waals surface area contributed by atoms with Crippen LogP contribution in [0.4, 0.5) is 4.39 Å². The first-order valence-corrected chi connectivity index (χ1v) is 2.75. The highest BCUT2D eigenvalue weighted by Gasteiger charge is 1.99. The molecule has 0 unspecified atom stereocenters. The molecule has 3 N–H and O–H groups in total. The summed E-state index contributed by atoms with van der Waals surface area (Å²) in [5.41, 5.74) is 5.08. The molecule has 0 bridgehead atoms. The van der Waals surface area contributed by atoms with E-state index in [1.807, 2.05) is 0 Å². The summed E-state index contributed by atoms with van der Waals surface area (Å²) in [5.74, 6) is 0. The lowest BCUT2D eigenvalue weighted by Gasteiger charge is -2.03. The average molecular weight is 121 g/mol. The zero-order valence-electron chi connectivity index (χ0n) is 4.81. The average Bonchev–Trinajstić information content (AvgIpc) is 1.68. The molecule has 0 amide bonds. The van der Waals surface area contributed by atoms with Gasteiger partial charge in [-0.15, -0.1) is 0 Å². The fourth-order valence-corrected chi connectivity index (χ4v) is 0.463. The molecule has 0 aliphatic heterocycles. The Bertz CT molecular complexity index is 45.7. The molecule has 0 aromatic carbocycles. The van der Waals surface area contributed by atoms with Crippen LogP contribution in [0.1, 0.15) is 12.8 Å². The highest BCUT2D eigenvalue weighted by Crippen LogP contribution is 1.94. The second-order valence-electron chi connectivity index (χ2n) is 1.71. The highest BCUT2D eigenvalue weighted by atomic mass is 19.1. The van der Waals surface area contributed by atoms with Gasteiger partial charge in [0.15, 0.2) is 0 Å².